The highest BCUT2D eigenvalue weighted by Gasteiger charge is 2.17. The second kappa shape index (κ2) is 7.23. The van der Waals surface area contributed by atoms with Crippen LogP contribution in [0, 0.1) is 5.92 Å². The third-order valence-electron chi connectivity index (χ3n) is 5.19. The number of hydrogen-bond acceptors (Lipinski definition) is 4. The van der Waals surface area contributed by atoms with Crippen LogP contribution in [-0.2, 0) is 0 Å². The Morgan fingerprint density at radius 3 is 2.44 bits per heavy atom. The summed E-state index contributed by atoms with van der Waals surface area (Å²) < 4.78 is 0. The van der Waals surface area contributed by atoms with Crippen LogP contribution < -0.4 is 15.8 Å². The van der Waals surface area contributed by atoms with Gasteiger partial charge in [-0.2, -0.15) is 5.10 Å². The van der Waals surface area contributed by atoms with Gasteiger partial charge < -0.3 is 10.2 Å². The Hall–Kier alpha value is -3.15. The SMILES string of the molecule is CC1CCN(c2ccc(NC(=O)c3n[nH]c(=O)c4ccccc34)cc2)CC1. The van der Waals surface area contributed by atoms with Crippen LogP contribution in [0.3, 0.4) is 0 Å². The lowest BCUT2D eigenvalue weighted by Crippen LogP contribution is -2.32. The van der Waals surface area contributed by atoms with Gasteiger partial charge in [-0.25, -0.2) is 5.10 Å². The molecule has 0 aliphatic carbocycles. The Bertz CT molecular complexity index is 1020. The summed E-state index contributed by atoms with van der Waals surface area (Å²) in [7, 11) is 0. The molecular formula is C21H22N4O2. The summed E-state index contributed by atoms with van der Waals surface area (Å²) in [5, 5.41) is 10.2. The number of nitrogens with zero attached hydrogens (tertiary/aromatic N) is 2. The third kappa shape index (κ3) is 3.56. The summed E-state index contributed by atoms with van der Waals surface area (Å²) in [6, 6.07) is 14.8. The fraction of sp³-hybridized carbons (Fsp3) is 0.286. The molecule has 2 aromatic carbocycles. The van der Waals surface area contributed by atoms with E-state index in [1.807, 2.05) is 24.3 Å². The molecule has 27 heavy (non-hydrogen) atoms. The van der Waals surface area contributed by atoms with Gasteiger partial charge in [-0.3, -0.25) is 9.59 Å². The molecule has 3 aromatic rings. The zero-order chi connectivity index (χ0) is 18.8. The molecule has 1 aliphatic heterocycles. The number of aromatic amines is 1. The van der Waals surface area contributed by atoms with Gasteiger partial charge in [-0.15, -0.1) is 0 Å². The van der Waals surface area contributed by atoms with Crippen molar-refractivity contribution in [2.75, 3.05) is 23.3 Å². The van der Waals surface area contributed by atoms with Crippen molar-refractivity contribution in [3.8, 4) is 0 Å². The maximum Gasteiger partial charge on any atom is 0.276 e. The molecule has 1 aromatic heterocycles. The van der Waals surface area contributed by atoms with E-state index in [1.54, 1.807) is 24.3 Å². The zero-order valence-electron chi connectivity index (χ0n) is 15.2. The maximum atomic E-state index is 12.7. The smallest absolute Gasteiger partial charge is 0.276 e. The predicted octanol–water partition coefficient (Wildman–Crippen LogP) is 3.41. The predicted molar refractivity (Wildman–Crippen MR) is 107 cm³/mol. The van der Waals surface area contributed by atoms with Crippen molar-refractivity contribution in [3.05, 3.63) is 64.6 Å². The molecule has 6 nitrogen and oxygen atoms in total. The first-order valence-electron chi connectivity index (χ1n) is 9.25. The van der Waals surface area contributed by atoms with Crippen molar-refractivity contribution in [2.45, 2.75) is 19.8 Å². The fourth-order valence-corrected chi connectivity index (χ4v) is 3.50. The highest BCUT2D eigenvalue weighted by molar-refractivity contribution is 6.11. The summed E-state index contributed by atoms with van der Waals surface area (Å²) in [6.45, 7) is 4.44. The minimum Gasteiger partial charge on any atom is -0.372 e. The normalized spacial score (nSPS) is 15.1. The van der Waals surface area contributed by atoms with Gasteiger partial charge in [0.2, 0.25) is 0 Å². The molecule has 0 radical (unpaired) electrons. The molecule has 6 heteroatoms. The Kier molecular flexibility index (Phi) is 4.62. The van der Waals surface area contributed by atoms with E-state index >= 15 is 0 Å². The number of nitrogens with one attached hydrogen (secondary N) is 2. The number of piperidine rings is 1. The second-order valence-corrected chi connectivity index (χ2v) is 7.12. The van der Waals surface area contributed by atoms with Crippen LogP contribution in [0.4, 0.5) is 11.4 Å². The van der Waals surface area contributed by atoms with Gasteiger partial charge in [-0.05, 0) is 49.1 Å². The van der Waals surface area contributed by atoms with Gasteiger partial charge in [0.25, 0.3) is 11.5 Å². The Morgan fingerprint density at radius 2 is 1.74 bits per heavy atom. The number of amides is 1. The number of carbonyl (C=O) groups excluding carboxylic acids is 1. The molecule has 2 heterocycles. The first-order chi connectivity index (χ1) is 13.1. The van der Waals surface area contributed by atoms with Crippen LogP contribution in [0.1, 0.15) is 30.3 Å². The van der Waals surface area contributed by atoms with Gasteiger partial charge in [-0.1, -0.05) is 25.1 Å². The van der Waals surface area contributed by atoms with Crippen molar-refractivity contribution in [1.29, 1.82) is 0 Å². The third-order valence-corrected chi connectivity index (χ3v) is 5.19. The molecule has 1 aliphatic rings. The number of carbonyl (C=O) groups is 1. The lowest BCUT2D eigenvalue weighted by Gasteiger charge is -2.32. The maximum absolute atomic E-state index is 12.7. The van der Waals surface area contributed by atoms with Crippen molar-refractivity contribution in [2.24, 2.45) is 5.92 Å². The van der Waals surface area contributed by atoms with Crippen molar-refractivity contribution in [3.63, 3.8) is 0 Å². The van der Waals surface area contributed by atoms with Crippen LogP contribution in [0.2, 0.25) is 0 Å². The van der Waals surface area contributed by atoms with Gasteiger partial charge in [0.1, 0.15) is 0 Å². The molecule has 0 atom stereocenters. The number of rotatable bonds is 3. The van der Waals surface area contributed by atoms with E-state index in [1.165, 1.54) is 18.5 Å². The van der Waals surface area contributed by atoms with Crippen LogP contribution in [0.5, 0.6) is 0 Å². The molecule has 0 bridgehead atoms. The van der Waals surface area contributed by atoms with Gasteiger partial charge in [0, 0.05) is 29.9 Å². The van der Waals surface area contributed by atoms with Crippen molar-refractivity contribution in [1.82, 2.24) is 10.2 Å². The van der Waals surface area contributed by atoms with E-state index in [9.17, 15) is 9.59 Å². The fourth-order valence-electron chi connectivity index (χ4n) is 3.50. The van der Waals surface area contributed by atoms with Gasteiger partial charge >= 0.3 is 0 Å². The second-order valence-electron chi connectivity index (χ2n) is 7.12. The van der Waals surface area contributed by atoms with Crippen LogP contribution >= 0.6 is 0 Å². The average Bonchev–Trinajstić information content (AvgIpc) is 2.70. The minimum atomic E-state index is -0.345. The zero-order valence-corrected chi connectivity index (χ0v) is 15.2. The van der Waals surface area contributed by atoms with Crippen LogP contribution in [0.15, 0.2) is 53.3 Å². The molecule has 2 N–H and O–H groups in total. The van der Waals surface area contributed by atoms with E-state index < -0.39 is 0 Å². The molecule has 1 amide bonds. The largest absolute Gasteiger partial charge is 0.372 e. The summed E-state index contributed by atoms with van der Waals surface area (Å²) in [6.07, 6.45) is 2.42. The van der Waals surface area contributed by atoms with E-state index in [0.717, 1.165) is 19.0 Å². The first kappa shape index (κ1) is 17.3. The lowest BCUT2D eigenvalue weighted by atomic mass is 9.99. The molecule has 1 saturated heterocycles. The number of fused-ring (bicyclic) bond motifs is 1. The van der Waals surface area contributed by atoms with Crippen molar-refractivity contribution >= 4 is 28.1 Å². The Labute approximate surface area is 157 Å². The summed E-state index contributed by atoms with van der Waals surface area (Å²) >= 11 is 0. The lowest BCUT2D eigenvalue weighted by molar-refractivity contribution is 0.102. The number of hydrogen-bond donors (Lipinski definition) is 2. The summed E-state index contributed by atoms with van der Waals surface area (Å²) in [4.78, 5) is 26.9. The summed E-state index contributed by atoms with van der Waals surface area (Å²) in [5.74, 6) is 0.446. The van der Waals surface area contributed by atoms with Crippen LogP contribution in [-0.4, -0.2) is 29.2 Å². The quantitative estimate of drug-likeness (QED) is 0.748. The standard InChI is InChI=1S/C21H22N4O2/c1-14-10-12-25(13-11-14)16-8-6-15(7-9-16)22-21(27)19-17-4-2-3-5-18(17)20(26)24-23-19/h2-9,14H,10-13H2,1H3,(H,22,27)(H,24,26). The highest BCUT2D eigenvalue weighted by atomic mass is 16.2. The number of benzene rings is 2. The molecular weight excluding hydrogens is 340 g/mol. The van der Waals surface area contributed by atoms with E-state index in [0.29, 0.717) is 16.5 Å². The van der Waals surface area contributed by atoms with Crippen molar-refractivity contribution < 1.29 is 4.79 Å². The molecule has 0 saturated carbocycles. The van der Waals surface area contributed by atoms with Gasteiger partial charge in [0.15, 0.2) is 5.69 Å². The van der Waals surface area contributed by atoms with Crippen LogP contribution in [0.25, 0.3) is 10.8 Å². The molecule has 0 spiro atoms. The number of aromatic nitrogens is 2. The molecule has 0 unspecified atom stereocenters. The van der Waals surface area contributed by atoms with E-state index in [4.69, 9.17) is 0 Å². The number of H-pyrrole nitrogens is 1. The number of anilines is 2. The van der Waals surface area contributed by atoms with Gasteiger partial charge in [0.05, 0.1) is 5.39 Å². The Balaban J connectivity index is 1.52. The molecule has 4 rings (SSSR count). The molecule has 138 valence electrons. The average molecular weight is 362 g/mol. The van der Waals surface area contributed by atoms with E-state index in [2.05, 4.69) is 27.3 Å². The topological polar surface area (TPSA) is 78.1 Å². The highest BCUT2D eigenvalue weighted by Crippen LogP contribution is 2.24. The first-order valence-corrected chi connectivity index (χ1v) is 9.25. The minimum absolute atomic E-state index is 0.208. The monoisotopic (exact) mass is 362 g/mol. The Morgan fingerprint density at radius 1 is 1.07 bits per heavy atom. The molecule has 1 fully saturated rings. The summed E-state index contributed by atoms with van der Waals surface area (Å²) in [5.41, 5.74) is 1.78. The van der Waals surface area contributed by atoms with E-state index in [-0.39, 0.29) is 17.2 Å².